The van der Waals surface area contributed by atoms with E-state index < -0.39 is 0 Å². The summed E-state index contributed by atoms with van der Waals surface area (Å²) in [6, 6.07) is 52.8. The van der Waals surface area contributed by atoms with Crippen molar-refractivity contribution in [2.24, 2.45) is 0 Å². The number of nitrogens with zero attached hydrogens (tertiary/aromatic N) is 3. The maximum atomic E-state index is 6.63. The number of fused-ring (bicyclic) bond motifs is 6. The first-order valence-electron chi connectivity index (χ1n) is 17.4. The van der Waals surface area contributed by atoms with E-state index in [4.69, 9.17) is 19.4 Å². The van der Waals surface area contributed by atoms with Crippen LogP contribution < -0.4 is 0 Å². The lowest BCUT2D eigenvalue weighted by Gasteiger charge is -2.15. The molecule has 4 heteroatoms. The zero-order valence-corrected chi connectivity index (χ0v) is 27.8. The van der Waals surface area contributed by atoms with Crippen molar-refractivity contribution in [3.8, 4) is 34.2 Å². The van der Waals surface area contributed by atoms with Gasteiger partial charge in [0.2, 0.25) is 0 Å². The highest BCUT2D eigenvalue weighted by Gasteiger charge is 2.20. The molecule has 0 saturated carbocycles. The summed E-state index contributed by atoms with van der Waals surface area (Å²) in [6.07, 6.45) is 6.74. The van der Waals surface area contributed by atoms with Crippen LogP contribution in [-0.2, 0) is 0 Å². The Hall–Kier alpha value is -6.65. The lowest BCUT2D eigenvalue weighted by Crippen LogP contribution is -2.00. The van der Waals surface area contributed by atoms with Gasteiger partial charge in [0.05, 0.1) is 0 Å². The maximum absolute atomic E-state index is 6.63. The van der Waals surface area contributed by atoms with Gasteiger partial charge in [-0.15, -0.1) is 0 Å². The summed E-state index contributed by atoms with van der Waals surface area (Å²) in [5, 5.41) is 6.71. The molecule has 7 aromatic carbocycles. The number of hydrogen-bond donors (Lipinski definition) is 0. The average molecular weight is 654 g/mol. The van der Waals surface area contributed by atoms with E-state index in [1.807, 2.05) is 60.7 Å². The maximum Gasteiger partial charge on any atom is 0.164 e. The number of hydrogen-bond acceptors (Lipinski definition) is 4. The summed E-state index contributed by atoms with van der Waals surface area (Å²) < 4.78 is 6.63. The largest absolute Gasteiger partial charge is 0.455 e. The lowest BCUT2D eigenvalue weighted by molar-refractivity contribution is 0.672. The normalized spacial score (nSPS) is 13.2. The van der Waals surface area contributed by atoms with Crippen LogP contribution in [0.4, 0.5) is 0 Å². The van der Waals surface area contributed by atoms with Crippen molar-refractivity contribution in [1.82, 2.24) is 15.0 Å². The van der Waals surface area contributed by atoms with Gasteiger partial charge in [-0.25, -0.2) is 15.0 Å². The van der Waals surface area contributed by atoms with Crippen molar-refractivity contribution in [2.45, 2.75) is 12.8 Å². The summed E-state index contributed by atoms with van der Waals surface area (Å²) in [4.78, 5) is 15.1. The van der Waals surface area contributed by atoms with Gasteiger partial charge in [0.25, 0.3) is 0 Å². The van der Waals surface area contributed by atoms with Gasteiger partial charge in [0.15, 0.2) is 17.5 Å². The minimum atomic E-state index is 0.629. The topological polar surface area (TPSA) is 51.8 Å². The first kappa shape index (κ1) is 29.3. The zero-order chi connectivity index (χ0) is 33.7. The Morgan fingerprint density at radius 3 is 1.86 bits per heavy atom. The Bertz CT molecular complexity index is 2790. The molecule has 0 fully saturated rings. The molecule has 0 radical (unpaired) electrons. The SMILES string of the molecule is C1=C(c2ccc3oc4c5ccccc5c(-c5nc(-c6ccccc6)nc(-c6ccccc6)n5)cc4c3c2)C=C(c2ccc3ccccc3c2)CC1. The molecule has 0 spiro atoms. The van der Waals surface area contributed by atoms with Crippen molar-refractivity contribution >= 4 is 54.6 Å². The van der Waals surface area contributed by atoms with Gasteiger partial charge < -0.3 is 4.42 Å². The monoisotopic (exact) mass is 653 g/mol. The molecular formula is C47H31N3O. The fraction of sp³-hybridized carbons (Fsp3) is 0.0426. The predicted octanol–water partition coefficient (Wildman–Crippen LogP) is 12.3. The van der Waals surface area contributed by atoms with E-state index in [9.17, 15) is 0 Å². The molecule has 2 heterocycles. The molecule has 51 heavy (non-hydrogen) atoms. The summed E-state index contributed by atoms with van der Waals surface area (Å²) >= 11 is 0. The predicted molar refractivity (Wildman–Crippen MR) is 210 cm³/mol. The van der Waals surface area contributed by atoms with Gasteiger partial charge in [0, 0.05) is 32.8 Å². The zero-order valence-electron chi connectivity index (χ0n) is 27.8. The third-order valence-electron chi connectivity index (χ3n) is 9.98. The van der Waals surface area contributed by atoms with Gasteiger partial charge >= 0.3 is 0 Å². The van der Waals surface area contributed by atoms with Crippen LogP contribution in [0.5, 0.6) is 0 Å². The molecule has 0 atom stereocenters. The molecule has 240 valence electrons. The Morgan fingerprint density at radius 2 is 1.10 bits per heavy atom. The van der Waals surface area contributed by atoms with Gasteiger partial charge in [-0.05, 0) is 75.5 Å². The molecule has 4 nitrogen and oxygen atoms in total. The molecule has 9 aromatic rings. The molecule has 0 aliphatic heterocycles. The van der Waals surface area contributed by atoms with Crippen molar-refractivity contribution < 1.29 is 4.42 Å². The number of rotatable bonds is 5. The molecule has 1 aliphatic rings. The highest BCUT2D eigenvalue weighted by molar-refractivity contribution is 6.19. The number of aromatic nitrogens is 3. The molecule has 0 N–H and O–H groups in total. The van der Waals surface area contributed by atoms with Crippen LogP contribution in [0.25, 0.3) is 88.8 Å². The lowest BCUT2D eigenvalue weighted by atomic mass is 9.89. The van der Waals surface area contributed by atoms with Crippen LogP contribution in [0.15, 0.2) is 168 Å². The van der Waals surface area contributed by atoms with Crippen LogP contribution in [0.2, 0.25) is 0 Å². The van der Waals surface area contributed by atoms with Gasteiger partial charge in [-0.1, -0.05) is 140 Å². The average Bonchev–Trinajstić information content (AvgIpc) is 3.59. The van der Waals surface area contributed by atoms with Crippen molar-refractivity contribution in [2.75, 3.05) is 0 Å². The fourth-order valence-electron chi connectivity index (χ4n) is 7.41. The molecule has 0 unspecified atom stereocenters. The number of benzene rings is 7. The van der Waals surface area contributed by atoms with Crippen LogP contribution in [0.3, 0.4) is 0 Å². The molecule has 0 bridgehead atoms. The first-order chi connectivity index (χ1) is 25.2. The van der Waals surface area contributed by atoms with Crippen LogP contribution in [0, 0.1) is 0 Å². The highest BCUT2D eigenvalue weighted by Crippen LogP contribution is 2.41. The van der Waals surface area contributed by atoms with Crippen LogP contribution in [0.1, 0.15) is 24.0 Å². The van der Waals surface area contributed by atoms with E-state index in [1.54, 1.807) is 0 Å². The van der Waals surface area contributed by atoms with E-state index in [-0.39, 0.29) is 0 Å². The second kappa shape index (κ2) is 12.0. The summed E-state index contributed by atoms with van der Waals surface area (Å²) in [6.45, 7) is 0. The van der Waals surface area contributed by atoms with Crippen LogP contribution in [-0.4, -0.2) is 15.0 Å². The standard InChI is InChI=1S/C47H31N3O/c1-3-13-31(14-4-1)45-48-46(32-15-5-2-6-16-32)50-47(49-45)42-29-41-40-28-37(24-25-43(40)51-44(41)39-21-10-9-20-38(39)42)35-19-11-18-34(27-35)36-23-22-30-12-7-8-17-33(30)26-36/h1-10,12-17,19-29H,11,18H2. The molecule has 0 saturated heterocycles. The highest BCUT2D eigenvalue weighted by atomic mass is 16.3. The second-order valence-corrected chi connectivity index (χ2v) is 13.1. The van der Waals surface area contributed by atoms with Crippen molar-refractivity contribution in [3.05, 3.63) is 175 Å². The van der Waals surface area contributed by atoms with Gasteiger partial charge in [-0.3, -0.25) is 0 Å². The van der Waals surface area contributed by atoms with Gasteiger partial charge in [-0.2, -0.15) is 0 Å². The van der Waals surface area contributed by atoms with E-state index in [1.165, 1.54) is 33.0 Å². The van der Waals surface area contributed by atoms with E-state index in [2.05, 4.69) is 103 Å². The van der Waals surface area contributed by atoms with E-state index in [0.29, 0.717) is 17.5 Å². The molecular weight excluding hydrogens is 623 g/mol. The fourth-order valence-corrected chi connectivity index (χ4v) is 7.41. The molecule has 0 amide bonds. The second-order valence-electron chi connectivity index (χ2n) is 13.1. The molecule has 2 aromatic heterocycles. The minimum Gasteiger partial charge on any atom is -0.455 e. The summed E-state index contributed by atoms with van der Waals surface area (Å²) in [5.41, 5.74) is 9.62. The quantitative estimate of drug-likeness (QED) is 0.185. The number of furan rings is 1. The molecule has 1 aliphatic carbocycles. The van der Waals surface area contributed by atoms with Crippen molar-refractivity contribution in [3.63, 3.8) is 0 Å². The smallest absolute Gasteiger partial charge is 0.164 e. The Balaban J connectivity index is 1.14. The van der Waals surface area contributed by atoms with Gasteiger partial charge in [0.1, 0.15) is 11.2 Å². The first-order valence-corrected chi connectivity index (χ1v) is 17.4. The third kappa shape index (κ3) is 5.20. The Labute approximate surface area is 295 Å². The third-order valence-corrected chi connectivity index (χ3v) is 9.98. The van der Waals surface area contributed by atoms with E-state index >= 15 is 0 Å². The van der Waals surface area contributed by atoms with Crippen LogP contribution >= 0.6 is 0 Å². The summed E-state index contributed by atoms with van der Waals surface area (Å²) in [7, 11) is 0. The summed E-state index contributed by atoms with van der Waals surface area (Å²) in [5.74, 6) is 1.91. The minimum absolute atomic E-state index is 0.629. The van der Waals surface area contributed by atoms with Crippen molar-refractivity contribution in [1.29, 1.82) is 0 Å². The van der Waals surface area contributed by atoms with E-state index in [0.717, 1.165) is 62.2 Å². The molecule has 10 rings (SSSR count). The number of allylic oxidation sites excluding steroid dienone is 4. The Kier molecular flexibility index (Phi) is 6.91. The Morgan fingerprint density at radius 1 is 0.451 bits per heavy atom.